The summed E-state index contributed by atoms with van der Waals surface area (Å²) in [5.41, 5.74) is 0.841. The molecule has 0 saturated heterocycles. The summed E-state index contributed by atoms with van der Waals surface area (Å²) in [6.45, 7) is 1.17. The third-order valence-electron chi connectivity index (χ3n) is 1.71. The highest BCUT2D eigenvalue weighted by molar-refractivity contribution is 5.64. The lowest BCUT2D eigenvalue weighted by atomic mass is 10.2. The molecule has 0 unspecified atom stereocenters. The Bertz CT molecular complexity index is 343. The van der Waals surface area contributed by atoms with E-state index in [1.807, 2.05) is 0 Å². The zero-order valence-electron chi connectivity index (χ0n) is 7.66. The van der Waals surface area contributed by atoms with Crippen LogP contribution in [0.5, 0.6) is 0 Å². The van der Waals surface area contributed by atoms with Gasteiger partial charge in [0.2, 0.25) is 0 Å². The van der Waals surface area contributed by atoms with Gasteiger partial charge in [-0.3, -0.25) is 15.1 Å². The fourth-order valence-corrected chi connectivity index (χ4v) is 1.09. The molecular formula is C8H10FN3O2. The van der Waals surface area contributed by atoms with Gasteiger partial charge >= 0.3 is 5.69 Å². The zero-order valence-corrected chi connectivity index (χ0v) is 7.66. The fourth-order valence-electron chi connectivity index (χ4n) is 1.09. The molecule has 76 valence electrons. The lowest BCUT2D eigenvalue weighted by Crippen LogP contribution is -2.07. The molecule has 0 aliphatic heterocycles. The number of rotatable bonds is 4. The molecule has 6 heteroatoms. The van der Waals surface area contributed by atoms with E-state index in [1.165, 1.54) is 6.20 Å². The molecule has 0 aliphatic rings. The van der Waals surface area contributed by atoms with Crippen LogP contribution >= 0.6 is 0 Å². The second kappa shape index (κ2) is 4.50. The highest BCUT2D eigenvalue weighted by Gasteiger charge is 2.15. The monoisotopic (exact) mass is 199 g/mol. The summed E-state index contributed by atoms with van der Waals surface area (Å²) < 4.78 is 11.9. The Hall–Kier alpha value is -1.72. The van der Waals surface area contributed by atoms with E-state index in [-0.39, 0.29) is 12.2 Å². The minimum Gasteiger partial charge on any atom is -0.377 e. The molecule has 0 aromatic carbocycles. The zero-order chi connectivity index (χ0) is 10.6. The van der Waals surface area contributed by atoms with Crippen molar-refractivity contribution in [1.82, 2.24) is 4.98 Å². The molecule has 0 aliphatic carbocycles. The van der Waals surface area contributed by atoms with Crippen LogP contribution in [0.15, 0.2) is 12.4 Å². The Kier molecular flexibility index (Phi) is 3.33. The van der Waals surface area contributed by atoms with E-state index in [0.29, 0.717) is 11.3 Å². The van der Waals surface area contributed by atoms with Crippen LogP contribution < -0.4 is 5.32 Å². The number of aryl methyl sites for hydroxylation is 1. The Morgan fingerprint density at radius 1 is 1.64 bits per heavy atom. The van der Waals surface area contributed by atoms with Gasteiger partial charge in [-0.15, -0.1) is 0 Å². The van der Waals surface area contributed by atoms with Gasteiger partial charge in [0.05, 0.1) is 4.92 Å². The number of pyridine rings is 1. The first-order valence-corrected chi connectivity index (χ1v) is 4.05. The van der Waals surface area contributed by atoms with Gasteiger partial charge in [0.25, 0.3) is 0 Å². The van der Waals surface area contributed by atoms with E-state index in [0.717, 1.165) is 6.20 Å². The summed E-state index contributed by atoms with van der Waals surface area (Å²) in [6.07, 6.45) is 2.64. The van der Waals surface area contributed by atoms with Crippen molar-refractivity contribution in [3.63, 3.8) is 0 Å². The summed E-state index contributed by atoms with van der Waals surface area (Å²) in [5, 5.41) is 13.2. The predicted octanol–water partition coefficient (Wildman–Crippen LogP) is 1.68. The predicted molar refractivity (Wildman–Crippen MR) is 50.1 cm³/mol. The highest BCUT2D eigenvalue weighted by atomic mass is 19.1. The van der Waals surface area contributed by atoms with Crippen molar-refractivity contribution in [2.45, 2.75) is 6.92 Å². The molecule has 1 heterocycles. The minimum absolute atomic E-state index is 0.0612. The quantitative estimate of drug-likeness (QED) is 0.591. The van der Waals surface area contributed by atoms with Crippen LogP contribution in [0.2, 0.25) is 0 Å². The van der Waals surface area contributed by atoms with Crippen molar-refractivity contribution >= 4 is 11.4 Å². The van der Waals surface area contributed by atoms with Crippen molar-refractivity contribution in [2.24, 2.45) is 0 Å². The average molecular weight is 199 g/mol. The molecule has 0 saturated carbocycles. The van der Waals surface area contributed by atoms with E-state index < -0.39 is 11.6 Å². The van der Waals surface area contributed by atoms with Crippen LogP contribution in [0, 0.1) is 17.0 Å². The molecule has 0 spiro atoms. The SMILES string of the molecule is Cc1cncc([N+](=O)[O-])c1NCCF. The highest BCUT2D eigenvalue weighted by Crippen LogP contribution is 2.25. The van der Waals surface area contributed by atoms with Gasteiger partial charge in [-0.05, 0) is 12.5 Å². The Morgan fingerprint density at radius 3 is 2.93 bits per heavy atom. The molecule has 0 bridgehead atoms. The maximum absolute atomic E-state index is 11.9. The fraction of sp³-hybridized carbons (Fsp3) is 0.375. The molecule has 14 heavy (non-hydrogen) atoms. The standard InChI is InChI=1S/C8H10FN3O2/c1-6-4-10-5-7(12(13)14)8(6)11-3-2-9/h4-5H,2-3H2,1H3,(H,10,11). The molecule has 0 radical (unpaired) electrons. The summed E-state index contributed by atoms with van der Waals surface area (Å²) in [7, 11) is 0. The van der Waals surface area contributed by atoms with Gasteiger partial charge in [0.15, 0.2) is 0 Å². The van der Waals surface area contributed by atoms with Crippen molar-refractivity contribution in [2.75, 3.05) is 18.5 Å². The Labute approximate surface area is 80.1 Å². The molecule has 0 atom stereocenters. The summed E-state index contributed by atoms with van der Waals surface area (Å²) in [4.78, 5) is 13.7. The number of nitro groups is 1. The average Bonchev–Trinajstić information content (AvgIpc) is 2.15. The van der Waals surface area contributed by atoms with Gasteiger partial charge in [-0.2, -0.15) is 0 Å². The molecule has 1 rings (SSSR count). The van der Waals surface area contributed by atoms with Crippen LogP contribution in [-0.2, 0) is 0 Å². The molecule has 0 amide bonds. The van der Waals surface area contributed by atoms with Gasteiger partial charge in [-0.1, -0.05) is 0 Å². The van der Waals surface area contributed by atoms with Crippen molar-refractivity contribution in [3.05, 3.63) is 28.1 Å². The third-order valence-corrected chi connectivity index (χ3v) is 1.71. The first-order valence-electron chi connectivity index (χ1n) is 4.05. The van der Waals surface area contributed by atoms with Gasteiger partial charge < -0.3 is 5.32 Å². The number of halogens is 1. The maximum Gasteiger partial charge on any atom is 0.310 e. The normalized spacial score (nSPS) is 9.86. The van der Waals surface area contributed by atoms with Gasteiger partial charge in [0.1, 0.15) is 18.6 Å². The van der Waals surface area contributed by atoms with Crippen LogP contribution in [0.1, 0.15) is 5.56 Å². The van der Waals surface area contributed by atoms with E-state index in [2.05, 4.69) is 10.3 Å². The maximum atomic E-state index is 11.9. The number of nitrogens with one attached hydrogen (secondary N) is 1. The number of nitrogens with zero attached hydrogens (tertiary/aromatic N) is 2. The van der Waals surface area contributed by atoms with Crippen molar-refractivity contribution in [3.8, 4) is 0 Å². The minimum atomic E-state index is -0.571. The second-order valence-corrected chi connectivity index (χ2v) is 2.72. The molecule has 5 nitrogen and oxygen atoms in total. The molecule has 0 fully saturated rings. The van der Waals surface area contributed by atoms with Crippen LogP contribution in [0.3, 0.4) is 0 Å². The number of aromatic nitrogens is 1. The first kappa shape index (κ1) is 10.4. The second-order valence-electron chi connectivity index (χ2n) is 2.72. The van der Waals surface area contributed by atoms with Crippen molar-refractivity contribution < 1.29 is 9.31 Å². The summed E-state index contributed by atoms with van der Waals surface area (Å²) in [6, 6.07) is 0. The van der Waals surface area contributed by atoms with Crippen molar-refractivity contribution in [1.29, 1.82) is 0 Å². The van der Waals surface area contributed by atoms with E-state index >= 15 is 0 Å². The summed E-state index contributed by atoms with van der Waals surface area (Å²) >= 11 is 0. The lowest BCUT2D eigenvalue weighted by Gasteiger charge is -2.06. The lowest BCUT2D eigenvalue weighted by molar-refractivity contribution is -0.384. The Balaban J connectivity index is 3.02. The smallest absolute Gasteiger partial charge is 0.310 e. The number of hydrogen-bond donors (Lipinski definition) is 1. The molecular weight excluding hydrogens is 189 g/mol. The first-order chi connectivity index (χ1) is 6.66. The number of hydrogen-bond acceptors (Lipinski definition) is 4. The molecule has 1 N–H and O–H groups in total. The van der Waals surface area contributed by atoms with Crippen LogP contribution in [0.25, 0.3) is 0 Å². The summed E-state index contributed by atoms with van der Waals surface area (Å²) in [5.74, 6) is 0. The topological polar surface area (TPSA) is 68.1 Å². The van der Waals surface area contributed by atoms with E-state index in [1.54, 1.807) is 6.92 Å². The van der Waals surface area contributed by atoms with E-state index in [4.69, 9.17) is 0 Å². The van der Waals surface area contributed by atoms with Gasteiger partial charge in [0, 0.05) is 12.7 Å². The molecule has 1 aromatic heterocycles. The number of alkyl halides is 1. The number of anilines is 1. The third kappa shape index (κ3) is 2.15. The van der Waals surface area contributed by atoms with Crippen LogP contribution in [0.4, 0.5) is 15.8 Å². The largest absolute Gasteiger partial charge is 0.377 e. The molecule has 1 aromatic rings. The van der Waals surface area contributed by atoms with Crippen LogP contribution in [-0.4, -0.2) is 23.1 Å². The van der Waals surface area contributed by atoms with E-state index in [9.17, 15) is 14.5 Å². The Morgan fingerprint density at radius 2 is 2.36 bits per heavy atom. The van der Waals surface area contributed by atoms with Gasteiger partial charge in [-0.25, -0.2) is 4.39 Å².